The number of aryl methyl sites for hydroxylation is 1. The van der Waals surface area contributed by atoms with Crippen molar-refractivity contribution in [2.75, 3.05) is 18.1 Å². The van der Waals surface area contributed by atoms with Gasteiger partial charge < -0.3 is 5.32 Å². The Labute approximate surface area is 129 Å². The number of likely N-dealkylation sites (N-methyl/N-ethyl adjacent to an activating group) is 1. The first kappa shape index (κ1) is 15.7. The number of aromatic nitrogens is 1. The SMILES string of the molecule is CCNC(Cc1csc(C)n1)C1SCCSC1CC. The van der Waals surface area contributed by atoms with Crippen LogP contribution in [-0.4, -0.2) is 39.6 Å². The van der Waals surface area contributed by atoms with Crippen LogP contribution in [-0.2, 0) is 6.42 Å². The summed E-state index contributed by atoms with van der Waals surface area (Å²) in [6.45, 7) is 7.68. The number of hydrogen-bond acceptors (Lipinski definition) is 5. The van der Waals surface area contributed by atoms with Gasteiger partial charge in [-0.2, -0.15) is 23.5 Å². The van der Waals surface area contributed by atoms with Gasteiger partial charge in [-0.25, -0.2) is 4.98 Å². The number of thiazole rings is 1. The largest absolute Gasteiger partial charge is 0.313 e. The molecule has 0 aliphatic carbocycles. The van der Waals surface area contributed by atoms with Crippen molar-refractivity contribution in [2.45, 2.75) is 50.2 Å². The second kappa shape index (κ2) is 7.91. The first-order valence-electron chi connectivity index (χ1n) is 7.12. The summed E-state index contributed by atoms with van der Waals surface area (Å²) in [4.78, 5) is 4.64. The molecule has 108 valence electrons. The minimum absolute atomic E-state index is 0.564. The Morgan fingerprint density at radius 3 is 2.79 bits per heavy atom. The molecule has 0 radical (unpaired) electrons. The smallest absolute Gasteiger partial charge is 0.0897 e. The number of nitrogens with zero attached hydrogens (tertiary/aromatic N) is 1. The van der Waals surface area contributed by atoms with Crippen LogP contribution in [0.1, 0.15) is 31.0 Å². The number of nitrogens with one attached hydrogen (secondary N) is 1. The van der Waals surface area contributed by atoms with Crippen LogP contribution < -0.4 is 5.32 Å². The Kier molecular flexibility index (Phi) is 6.53. The standard InChI is InChI=1S/C14H24N2S3/c1-4-13-14(18-7-6-17-13)12(15-5-2)8-11-9-19-10(3)16-11/h9,12-15H,4-8H2,1-3H3. The summed E-state index contributed by atoms with van der Waals surface area (Å²) in [6.07, 6.45) is 2.35. The van der Waals surface area contributed by atoms with E-state index in [4.69, 9.17) is 0 Å². The molecule has 2 heterocycles. The van der Waals surface area contributed by atoms with Crippen molar-refractivity contribution < 1.29 is 0 Å². The van der Waals surface area contributed by atoms with Gasteiger partial charge in [0, 0.05) is 39.8 Å². The van der Waals surface area contributed by atoms with E-state index in [1.54, 1.807) is 11.3 Å². The lowest BCUT2D eigenvalue weighted by atomic mass is 10.0. The number of hydrogen-bond donors (Lipinski definition) is 1. The van der Waals surface area contributed by atoms with Gasteiger partial charge in [-0.15, -0.1) is 11.3 Å². The van der Waals surface area contributed by atoms with Gasteiger partial charge in [-0.1, -0.05) is 13.8 Å². The van der Waals surface area contributed by atoms with E-state index in [-0.39, 0.29) is 0 Å². The normalized spacial score (nSPS) is 25.4. The molecule has 1 fully saturated rings. The highest BCUT2D eigenvalue weighted by molar-refractivity contribution is 8.07. The molecule has 1 aromatic rings. The molecule has 5 heteroatoms. The summed E-state index contributed by atoms with van der Waals surface area (Å²) in [5.74, 6) is 2.61. The molecule has 1 aliphatic heterocycles. The van der Waals surface area contributed by atoms with E-state index in [0.717, 1.165) is 23.5 Å². The van der Waals surface area contributed by atoms with Crippen molar-refractivity contribution >= 4 is 34.9 Å². The zero-order valence-electron chi connectivity index (χ0n) is 12.0. The lowest BCUT2D eigenvalue weighted by molar-refractivity contribution is 0.487. The maximum Gasteiger partial charge on any atom is 0.0897 e. The Bertz CT molecular complexity index is 381. The van der Waals surface area contributed by atoms with E-state index in [0.29, 0.717) is 6.04 Å². The molecule has 0 bridgehead atoms. The van der Waals surface area contributed by atoms with Crippen molar-refractivity contribution in [1.82, 2.24) is 10.3 Å². The topological polar surface area (TPSA) is 24.9 Å². The van der Waals surface area contributed by atoms with E-state index in [1.807, 2.05) is 0 Å². The molecule has 0 spiro atoms. The maximum absolute atomic E-state index is 4.64. The highest BCUT2D eigenvalue weighted by atomic mass is 32.2. The van der Waals surface area contributed by atoms with Crippen molar-refractivity contribution in [3.05, 3.63) is 16.1 Å². The van der Waals surface area contributed by atoms with E-state index in [2.05, 4.69) is 60.0 Å². The minimum atomic E-state index is 0.564. The number of thioether (sulfide) groups is 2. The predicted octanol–water partition coefficient (Wildman–Crippen LogP) is 3.60. The molecule has 19 heavy (non-hydrogen) atoms. The van der Waals surface area contributed by atoms with Crippen molar-refractivity contribution in [2.24, 2.45) is 0 Å². The van der Waals surface area contributed by atoms with Crippen LogP contribution in [0.2, 0.25) is 0 Å². The molecule has 2 nitrogen and oxygen atoms in total. The summed E-state index contributed by atoms with van der Waals surface area (Å²) in [5, 5.41) is 8.63. The number of rotatable bonds is 6. The van der Waals surface area contributed by atoms with Gasteiger partial charge in [0.25, 0.3) is 0 Å². The summed E-state index contributed by atoms with van der Waals surface area (Å²) < 4.78 is 0. The van der Waals surface area contributed by atoms with Gasteiger partial charge in [0.1, 0.15) is 0 Å². The Morgan fingerprint density at radius 2 is 2.16 bits per heavy atom. The fourth-order valence-electron chi connectivity index (χ4n) is 2.61. The van der Waals surface area contributed by atoms with Crippen LogP contribution in [0, 0.1) is 6.92 Å². The first-order valence-corrected chi connectivity index (χ1v) is 10.1. The van der Waals surface area contributed by atoms with Crippen LogP contribution in [0.25, 0.3) is 0 Å². The van der Waals surface area contributed by atoms with Crippen LogP contribution in [0.5, 0.6) is 0 Å². The van der Waals surface area contributed by atoms with Gasteiger partial charge in [-0.05, 0) is 19.9 Å². The molecule has 2 rings (SSSR count). The van der Waals surface area contributed by atoms with E-state index < -0.39 is 0 Å². The zero-order valence-corrected chi connectivity index (χ0v) is 14.5. The van der Waals surface area contributed by atoms with Gasteiger partial charge in [0.05, 0.1) is 10.7 Å². The average Bonchev–Trinajstić information content (AvgIpc) is 2.84. The van der Waals surface area contributed by atoms with Crippen molar-refractivity contribution in [3.8, 4) is 0 Å². The van der Waals surface area contributed by atoms with Crippen molar-refractivity contribution in [1.29, 1.82) is 0 Å². The molecular weight excluding hydrogens is 292 g/mol. The molecule has 1 saturated heterocycles. The lowest BCUT2D eigenvalue weighted by Gasteiger charge is -2.36. The highest BCUT2D eigenvalue weighted by Gasteiger charge is 2.32. The molecular formula is C14H24N2S3. The molecule has 3 atom stereocenters. The van der Waals surface area contributed by atoms with Crippen molar-refractivity contribution in [3.63, 3.8) is 0 Å². The van der Waals surface area contributed by atoms with Gasteiger partial charge in [-0.3, -0.25) is 0 Å². The van der Waals surface area contributed by atoms with Gasteiger partial charge in [0.15, 0.2) is 0 Å². The molecule has 1 aliphatic rings. The van der Waals surface area contributed by atoms with Crippen LogP contribution >= 0.6 is 34.9 Å². The fourth-order valence-corrected chi connectivity index (χ4v) is 6.49. The van der Waals surface area contributed by atoms with Crippen LogP contribution in [0.3, 0.4) is 0 Å². The fraction of sp³-hybridized carbons (Fsp3) is 0.786. The first-order chi connectivity index (χ1) is 9.24. The Balaban J connectivity index is 2.05. The summed E-state index contributed by atoms with van der Waals surface area (Å²) in [5.41, 5.74) is 1.26. The summed E-state index contributed by atoms with van der Waals surface area (Å²) >= 11 is 6.09. The van der Waals surface area contributed by atoms with E-state index >= 15 is 0 Å². The van der Waals surface area contributed by atoms with E-state index in [9.17, 15) is 0 Å². The average molecular weight is 317 g/mol. The third-order valence-electron chi connectivity index (χ3n) is 3.45. The maximum atomic E-state index is 4.64. The molecule has 1 N–H and O–H groups in total. The molecule has 0 saturated carbocycles. The zero-order chi connectivity index (χ0) is 13.7. The molecule has 3 unspecified atom stereocenters. The Morgan fingerprint density at radius 1 is 1.37 bits per heavy atom. The summed E-state index contributed by atoms with van der Waals surface area (Å²) in [7, 11) is 0. The van der Waals surface area contributed by atoms with Gasteiger partial charge >= 0.3 is 0 Å². The van der Waals surface area contributed by atoms with Crippen LogP contribution in [0.15, 0.2) is 5.38 Å². The van der Waals surface area contributed by atoms with Crippen LogP contribution in [0.4, 0.5) is 0 Å². The highest BCUT2D eigenvalue weighted by Crippen LogP contribution is 2.36. The lowest BCUT2D eigenvalue weighted by Crippen LogP contribution is -2.46. The molecule has 0 amide bonds. The second-order valence-corrected chi connectivity index (χ2v) is 8.57. The predicted molar refractivity (Wildman–Crippen MR) is 90.8 cm³/mol. The molecule has 1 aromatic heterocycles. The van der Waals surface area contributed by atoms with Gasteiger partial charge in [0.2, 0.25) is 0 Å². The third kappa shape index (κ3) is 4.38. The second-order valence-electron chi connectivity index (χ2n) is 4.88. The molecule has 0 aromatic carbocycles. The quantitative estimate of drug-likeness (QED) is 0.867. The third-order valence-corrected chi connectivity index (χ3v) is 7.68. The summed E-state index contributed by atoms with van der Waals surface area (Å²) in [6, 6.07) is 0.564. The Hall–Kier alpha value is 0.290. The minimum Gasteiger partial charge on any atom is -0.313 e. The monoisotopic (exact) mass is 316 g/mol. The van der Waals surface area contributed by atoms with E-state index in [1.165, 1.54) is 28.6 Å².